The first-order valence-electron chi connectivity index (χ1n) is 6.95. The summed E-state index contributed by atoms with van der Waals surface area (Å²) in [7, 11) is 0. The maximum Gasteiger partial charge on any atom is 0.131 e. The Morgan fingerprint density at radius 1 is 1.33 bits per heavy atom. The smallest absolute Gasteiger partial charge is 0.131 e. The van der Waals surface area contributed by atoms with E-state index >= 15 is 0 Å². The van der Waals surface area contributed by atoms with Gasteiger partial charge in [-0.15, -0.1) is 0 Å². The van der Waals surface area contributed by atoms with E-state index in [4.69, 9.17) is 0 Å². The van der Waals surface area contributed by atoms with Crippen molar-refractivity contribution in [1.82, 2.24) is 4.98 Å². The van der Waals surface area contributed by atoms with E-state index in [-0.39, 0.29) is 0 Å². The largest absolute Gasteiger partial charge is 0.356 e. The van der Waals surface area contributed by atoms with Crippen molar-refractivity contribution in [3.63, 3.8) is 0 Å². The molecule has 1 atom stereocenters. The Balaban J connectivity index is 2.10. The van der Waals surface area contributed by atoms with E-state index in [0.717, 1.165) is 29.4 Å². The molecular formula is C15H23BrN2. The number of hydrogen-bond acceptors (Lipinski definition) is 2. The maximum atomic E-state index is 4.59. The van der Waals surface area contributed by atoms with Gasteiger partial charge in [0.2, 0.25) is 0 Å². The van der Waals surface area contributed by atoms with Crippen molar-refractivity contribution in [3.05, 3.63) is 22.3 Å². The molecule has 0 amide bonds. The van der Waals surface area contributed by atoms with Crippen LogP contribution in [-0.4, -0.2) is 18.1 Å². The van der Waals surface area contributed by atoms with Gasteiger partial charge in [-0.2, -0.15) is 0 Å². The molecule has 1 aromatic rings. The van der Waals surface area contributed by atoms with Gasteiger partial charge in [0, 0.05) is 23.8 Å². The molecule has 2 rings (SSSR count). The zero-order chi connectivity index (χ0) is 13.1. The zero-order valence-electron chi connectivity index (χ0n) is 11.6. The molecule has 1 fully saturated rings. The van der Waals surface area contributed by atoms with Gasteiger partial charge < -0.3 is 4.90 Å². The lowest BCUT2D eigenvalue weighted by Gasteiger charge is -2.24. The highest BCUT2D eigenvalue weighted by Crippen LogP contribution is 2.28. The molecule has 1 unspecified atom stereocenters. The average Bonchev–Trinajstić information content (AvgIpc) is 2.54. The Kier molecular flexibility index (Phi) is 4.66. The monoisotopic (exact) mass is 310 g/mol. The Bertz CT molecular complexity index is 403. The van der Waals surface area contributed by atoms with E-state index < -0.39 is 0 Å². The van der Waals surface area contributed by atoms with Gasteiger partial charge in [0.1, 0.15) is 5.82 Å². The normalized spacial score (nSPS) is 21.2. The van der Waals surface area contributed by atoms with Crippen LogP contribution in [0, 0.1) is 18.8 Å². The number of anilines is 1. The van der Waals surface area contributed by atoms with Gasteiger partial charge in [0.05, 0.1) is 0 Å². The summed E-state index contributed by atoms with van der Waals surface area (Å²) in [4.78, 5) is 7.05. The number of rotatable bonds is 2. The number of aryl methyl sites for hydroxylation is 1. The van der Waals surface area contributed by atoms with Gasteiger partial charge >= 0.3 is 0 Å². The summed E-state index contributed by atoms with van der Waals surface area (Å²) in [5, 5.41) is 0. The lowest BCUT2D eigenvalue weighted by molar-refractivity contribution is 0.351. The van der Waals surface area contributed by atoms with Crippen molar-refractivity contribution < 1.29 is 0 Å². The molecule has 1 aliphatic rings. The molecule has 18 heavy (non-hydrogen) atoms. The van der Waals surface area contributed by atoms with E-state index in [1.165, 1.54) is 30.6 Å². The van der Waals surface area contributed by atoms with Crippen LogP contribution in [0.4, 0.5) is 5.82 Å². The molecule has 1 aromatic heterocycles. The number of hydrogen-bond donors (Lipinski definition) is 0. The summed E-state index contributed by atoms with van der Waals surface area (Å²) in [6, 6.07) is 2.16. The molecule has 2 nitrogen and oxygen atoms in total. The van der Waals surface area contributed by atoms with E-state index in [0.29, 0.717) is 0 Å². The van der Waals surface area contributed by atoms with E-state index in [1.807, 2.05) is 6.20 Å². The summed E-state index contributed by atoms with van der Waals surface area (Å²) in [6.07, 6.45) is 5.87. The van der Waals surface area contributed by atoms with E-state index in [9.17, 15) is 0 Å². The fraction of sp³-hybridized carbons (Fsp3) is 0.667. The Hall–Kier alpha value is -0.570. The SMILES string of the molecule is Cc1cc(Br)cnc1N1CCCC(C(C)C)CC1. The van der Waals surface area contributed by atoms with Crippen molar-refractivity contribution in [1.29, 1.82) is 0 Å². The third kappa shape index (κ3) is 3.25. The van der Waals surface area contributed by atoms with Crippen LogP contribution in [0.5, 0.6) is 0 Å². The standard InChI is InChI=1S/C15H23BrN2/c1-11(2)13-5-4-7-18(8-6-13)15-12(3)9-14(16)10-17-15/h9-11,13H,4-8H2,1-3H3. The summed E-state index contributed by atoms with van der Waals surface area (Å²) < 4.78 is 1.07. The van der Waals surface area contributed by atoms with Crippen molar-refractivity contribution >= 4 is 21.7 Å². The molecule has 1 saturated heterocycles. The maximum absolute atomic E-state index is 4.59. The Morgan fingerprint density at radius 3 is 2.78 bits per heavy atom. The van der Waals surface area contributed by atoms with Gasteiger partial charge in [-0.25, -0.2) is 4.98 Å². The number of nitrogens with zero attached hydrogens (tertiary/aromatic N) is 2. The molecule has 0 spiro atoms. The van der Waals surface area contributed by atoms with Gasteiger partial charge in [-0.05, 0) is 65.6 Å². The van der Waals surface area contributed by atoms with E-state index in [1.54, 1.807) is 0 Å². The van der Waals surface area contributed by atoms with Crippen LogP contribution in [0.25, 0.3) is 0 Å². The molecule has 0 bridgehead atoms. The quantitative estimate of drug-likeness (QED) is 0.804. The topological polar surface area (TPSA) is 16.1 Å². The average molecular weight is 311 g/mol. The third-order valence-corrected chi connectivity index (χ3v) is 4.47. The molecule has 0 aliphatic carbocycles. The van der Waals surface area contributed by atoms with Crippen LogP contribution in [0.1, 0.15) is 38.7 Å². The summed E-state index contributed by atoms with van der Waals surface area (Å²) in [6.45, 7) is 9.15. The lowest BCUT2D eigenvalue weighted by atomic mass is 9.89. The van der Waals surface area contributed by atoms with Crippen LogP contribution in [0.2, 0.25) is 0 Å². The molecule has 0 N–H and O–H groups in total. The molecule has 100 valence electrons. The predicted molar refractivity (Wildman–Crippen MR) is 81.1 cm³/mol. The van der Waals surface area contributed by atoms with Crippen molar-refractivity contribution in [2.45, 2.75) is 40.0 Å². The molecule has 1 aliphatic heterocycles. The van der Waals surface area contributed by atoms with Crippen LogP contribution in [0.15, 0.2) is 16.7 Å². The molecule has 0 aromatic carbocycles. The molecule has 0 radical (unpaired) electrons. The molecule has 0 saturated carbocycles. The fourth-order valence-electron chi connectivity index (χ4n) is 2.86. The molecular weight excluding hydrogens is 288 g/mol. The number of aromatic nitrogens is 1. The predicted octanol–water partition coefficient (Wildman–Crippen LogP) is 4.42. The second-order valence-corrected chi connectivity index (χ2v) is 6.63. The van der Waals surface area contributed by atoms with Gasteiger partial charge in [0.15, 0.2) is 0 Å². The first-order chi connectivity index (χ1) is 8.58. The summed E-state index contributed by atoms with van der Waals surface area (Å²) >= 11 is 3.48. The minimum Gasteiger partial charge on any atom is -0.356 e. The second kappa shape index (κ2) is 6.05. The highest BCUT2D eigenvalue weighted by atomic mass is 79.9. The highest BCUT2D eigenvalue weighted by Gasteiger charge is 2.20. The van der Waals surface area contributed by atoms with Gasteiger partial charge in [-0.1, -0.05) is 13.8 Å². The first kappa shape index (κ1) is 13.9. The fourth-order valence-corrected chi connectivity index (χ4v) is 3.31. The minimum atomic E-state index is 0.809. The van der Waals surface area contributed by atoms with Crippen LogP contribution < -0.4 is 4.90 Å². The number of pyridine rings is 1. The van der Waals surface area contributed by atoms with Crippen molar-refractivity contribution in [2.75, 3.05) is 18.0 Å². The Labute approximate surface area is 119 Å². The minimum absolute atomic E-state index is 0.809. The lowest BCUT2D eigenvalue weighted by Crippen LogP contribution is -2.26. The summed E-state index contributed by atoms with van der Waals surface area (Å²) in [5.41, 5.74) is 1.27. The zero-order valence-corrected chi connectivity index (χ0v) is 13.2. The molecule has 3 heteroatoms. The second-order valence-electron chi connectivity index (χ2n) is 5.72. The first-order valence-corrected chi connectivity index (χ1v) is 7.74. The number of halogens is 1. The van der Waals surface area contributed by atoms with Crippen LogP contribution in [0.3, 0.4) is 0 Å². The van der Waals surface area contributed by atoms with Gasteiger partial charge in [-0.3, -0.25) is 0 Å². The van der Waals surface area contributed by atoms with Crippen LogP contribution >= 0.6 is 15.9 Å². The van der Waals surface area contributed by atoms with Crippen molar-refractivity contribution in [3.8, 4) is 0 Å². The third-order valence-electron chi connectivity index (χ3n) is 4.03. The highest BCUT2D eigenvalue weighted by molar-refractivity contribution is 9.10. The van der Waals surface area contributed by atoms with Crippen LogP contribution in [-0.2, 0) is 0 Å². The van der Waals surface area contributed by atoms with Gasteiger partial charge in [0.25, 0.3) is 0 Å². The van der Waals surface area contributed by atoms with Crippen molar-refractivity contribution in [2.24, 2.45) is 11.8 Å². The molecule has 2 heterocycles. The Morgan fingerprint density at radius 2 is 2.11 bits per heavy atom. The van der Waals surface area contributed by atoms with E-state index in [2.05, 4.69) is 52.7 Å². The summed E-state index contributed by atoms with van der Waals surface area (Å²) in [5.74, 6) is 2.86.